The fourth-order valence-electron chi connectivity index (χ4n) is 2.14. The Hall–Kier alpha value is -2.36. The molecule has 0 amide bonds. The monoisotopic (exact) mass is 390 g/mol. The molecular weight excluding hydrogens is 380 g/mol. The maximum Gasteiger partial charge on any atom is 0.259 e. The largest absolute Gasteiger partial charge is 0.335 e. The predicted molar refractivity (Wildman–Crippen MR) is 97.8 cm³/mol. The van der Waals surface area contributed by atoms with Crippen LogP contribution in [0.4, 0.5) is 0 Å². The van der Waals surface area contributed by atoms with Gasteiger partial charge in [0.25, 0.3) is 5.89 Å². The number of aromatic nitrogens is 5. The first-order valence-electron chi connectivity index (χ1n) is 7.17. The molecule has 7 nitrogen and oxygen atoms in total. The third kappa shape index (κ3) is 3.26. The molecule has 10 heteroatoms. The molecule has 0 unspecified atom stereocenters. The Bertz CT molecular complexity index is 997. The van der Waals surface area contributed by atoms with E-state index in [1.54, 1.807) is 17.4 Å². The van der Waals surface area contributed by atoms with E-state index in [2.05, 4.69) is 20.3 Å². The van der Waals surface area contributed by atoms with Gasteiger partial charge >= 0.3 is 0 Å². The molecule has 0 bridgehead atoms. The summed E-state index contributed by atoms with van der Waals surface area (Å²) in [5.41, 5.74) is 0.704. The Balaban J connectivity index is 1.49. The molecule has 0 saturated carbocycles. The second-order valence-electron chi connectivity index (χ2n) is 4.94. The van der Waals surface area contributed by atoms with E-state index in [0.29, 0.717) is 39.0 Å². The van der Waals surface area contributed by atoms with Gasteiger partial charge in [-0.15, -0.1) is 21.5 Å². The van der Waals surface area contributed by atoms with Gasteiger partial charge in [0, 0.05) is 0 Å². The zero-order valence-electron chi connectivity index (χ0n) is 12.7. The second kappa shape index (κ2) is 6.87. The summed E-state index contributed by atoms with van der Waals surface area (Å²) in [7, 11) is 0. The number of rotatable bonds is 5. The van der Waals surface area contributed by atoms with Gasteiger partial charge in [0.1, 0.15) is 0 Å². The van der Waals surface area contributed by atoms with Crippen molar-refractivity contribution in [1.29, 1.82) is 0 Å². The number of benzene rings is 1. The van der Waals surface area contributed by atoms with Crippen molar-refractivity contribution in [2.24, 2.45) is 0 Å². The normalized spacial score (nSPS) is 11.1. The van der Waals surface area contributed by atoms with Gasteiger partial charge in [0.2, 0.25) is 5.16 Å². The van der Waals surface area contributed by atoms with E-state index in [9.17, 15) is 0 Å². The third-order valence-corrected chi connectivity index (χ3v) is 5.44. The summed E-state index contributed by atoms with van der Waals surface area (Å²) in [5, 5.41) is 15.3. The van der Waals surface area contributed by atoms with Crippen molar-refractivity contribution in [2.75, 3.05) is 5.84 Å². The fraction of sp³-hybridized carbons (Fsp3) is 0.0667. The average molecular weight is 391 g/mol. The van der Waals surface area contributed by atoms with Crippen LogP contribution in [0.5, 0.6) is 0 Å². The highest BCUT2D eigenvalue weighted by Gasteiger charge is 2.16. The standard InChI is InChI=1S/C15H11ClN6OS2/c16-10-5-2-1-4-9(10)14-18-12(21-23-14)8-25-15-20-19-13(22(15)17)11-6-3-7-24-11/h1-7H,8,17H2. The Morgan fingerprint density at radius 3 is 2.88 bits per heavy atom. The highest BCUT2D eigenvalue weighted by atomic mass is 35.5. The first-order chi connectivity index (χ1) is 12.2. The van der Waals surface area contributed by atoms with Gasteiger partial charge < -0.3 is 10.4 Å². The summed E-state index contributed by atoms with van der Waals surface area (Å²) in [6.07, 6.45) is 0. The minimum absolute atomic E-state index is 0.384. The van der Waals surface area contributed by atoms with Gasteiger partial charge in [-0.2, -0.15) is 4.98 Å². The van der Waals surface area contributed by atoms with Crippen molar-refractivity contribution in [3.05, 3.63) is 52.6 Å². The van der Waals surface area contributed by atoms with E-state index in [1.807, 2.05) is 35.7 Å². The molecule has 0 aliphatic rings. The number of hydrogen-bond donors (Lipinski definition) is 1. The van der Waals surface area contributed by atoms with E-state index in [0.717, 1.165) is 4.88 Å². The van der Waals surface area contributed by atoms with Crippen LogP contribution in [-0.4, -0.2) is 25.0 Å². The molecule has 4 rings (SSSR count). The van der Waals surface area contributed by atoms with Crippen LogP contribution in [0, 0.1) is 0 Å². The molecule has 25 heavy (non-hydrogen) atoms. The fourth-order valence-corrected chi connectivity index (χ4v) is 3.76. The number of nitrogen functional groups attached to an aromatic ring is 1. The molecule has 4 aromatic rings. The van der Waals surface area contributed by atoms with E-state index in [-0.39, 0.29) is 0 Å². The summed E-state index contributed by atoms with van der Waals surface area (Å²) in [5.74, 6) is 8.06. The van der Waals surface area contributed by atoms with E-state index < -0.39 is 0 Å². The average Bonchev–Trinajstić information content (AvgIpc) is 3.34. The van der Waals surface area contributed by atoms with E-state index in [4.69, 9.17) is 22.0 Å². The lowest BCUT2D eigenvalue weighted by atomic mass is 10.2. The SMILES string of the molecule is Nn1c(SCc2noc(-c3ccccc3Cl)n2)nnc1-c1cccs1. The van der Waals surface area contributed by atoms with Gasteiger partial charge in [-0.3, -0.25) is 0 Å². The van der Waals surface area contributed by atoms with Gasteiger partial charge in [0.05, 0.1) is 21.2 Å². The van der Waals surface area contributed by atoms with Gasteiger partial charge in [0.15, 0.2) is 11.6 Å². The van der Waals surface area contributed by atoms with E-state index >= 15 is 0 Å². The minimum atomic E-state index is 0.384. The van der Waals surface area contributed by atoms with Gasteiger partial charge in [-0.05, 0) is 23.6 Å². The molecule has 0 atom stereocenters. The smallest absolute Gasteiger partial charge is 0.259 e. The molecule has 0 aliphatic carbocycles. The molecule has 3 aromatic heterocycles. The molecule has 3 heterocycles. The number of hydrogen-bond acceptors (Lipinski definition) is 8. The van der Waals surface area contributed by atoms with Crippen molar-refractivity contribution in [3.63, 3.8) is 0 Å². The number of nitrogens with zero attached hydrogens (tertiary/aromatic N) is 5. The van der Waals surface area contributed by atoms with Crippen LogP contribution in [0.2, 0.25) is 5.02 Å². The minimum Gasteiger partial charge on any atom is -0.335 e. The second-order valence-corrected chi connectivity index (χ2v) is 7.24. The molecule has 0 aliphatic heterocycles. The lowest BCUT2D eigenvalue weighted by Crippen LogP contribution is -2.11. The number of nitrogens with two attached hydrogens (primary N) is 1. The van der Waals surface area contributed by atoms with Crippen LogP contribution in [0.15, 0.2) is 51.5 Å². The summed E-state index contributed by atoms with van der Waals surface area (Å²) >= 11 is 9.08. The molecular formula is C15H11ClN6OS2. The summed E-state index contributed by atoms with van der Waals surface area (Å²) < 4.78 is 6.75. The maximum atomic E-state index is 6.14. The molecule has 2 N–H and O–H groups in total. The predicted octanol–water partition coefficient (Wildman–Crippen LogP) is 3.72. The van der Waals surface area contributed by atoms with Crippen LogP contribution in [0.1, 0.15) is 5.82 Å². The number of thiophene rings is 1. The van der Waals surface area contributed by atoms with Crippen molar-refractivity contribution in [1.82, 2.24) is 25.0 Å². The maximum absolute atomic E-state index is 6.14. The highest BCUT2D eigenvalue weighted by Crippen LogP contribution is 2.28. The van der Waals surface area contributed by atoms with Gasteiger partial charge in [-0.25, -0.2) is 4.68 Å². The Morgan fingerprint density at radius 2 is 2.08 bits per heavy atom. The van der Waals surface area contributed by atoms with Crippen LogP contribution in [-0.2, 0) is 5.75 Å². The Kier molecular flexibility index (Phi) is 4.43. The first-order valence-corrected chi connectivity index (χ1v) is 9.41. The lowest BCUT2D eigenvalue weighted by molar-refractivity contribution is 0.425. The molecule has 0 radical (unpaired) electrons. The van der Waals surface area contributed by atoms with Crippen LogP contribution < -0.4 is 5.84 Å². The van der Waals surface area contributed by atoms with Crippen molar-refractivity contribution >= 4 is 34.7 Å². The molecule has 1 aromatic carbocycles. The first kappa shape index (κ1) is 16.1. The highest BCUT2D eigenvalue weighted by molar-refractivity contribution is 7.98. The Labute approximate surface area is 155 Å². The van der Waals surface area contributed by atoms with Gasteiger partial charge in [-0.1, -0.05) is 46.7 Å². The Morgan fingerprint density at radius 1 is 1.20 bits per heavy atom. The summed E-state index contributed by atoms with van der Waals surface area (Å²) in [6, 6.07) is 11.2. The zero-order chi connectivity index (χ0) is 17.2. The van der Waals surface area contributed by atoms with Crippen molar-refractivity contribution in [3.8, 4) is 22.2 Å². The molecule has 0 fully saturated rings. The summed E-state index contributed by atoms with van der Waals surface area (Å²) in [6.45, 7) is 0. The quantitative estimate of drug-likeness (QED) is 0.409. The van der Waals surface area contributed by atoms with Crippen LogP contribution >= 0.6 is 34.7 Å². The van der Waals surface area contributed by atoms with Crippen molar-refractivity contribution < 1.29 is 4.52 Å². The lowest BCUT2D eigenvalue weighted by Gasteiger charge is -2.00. The van der Waals surface area contributed by atoms with Crippen LogP contribution in [0.3, 0.4) is 0 Å². The molecule has 126 valence electrons. The molecule has 0 spiro atoms. The number of thioether (sulfide) groups is 1. The summed E-state index contributed by atoms with van der Waals surface area (Å²) in [4.78, 5) is 5.32. The zero-order valence-corrected chi connectivity index (χ0v) is 15.1. The number of halogens is 1. The topological polar surface area (TPSA) is 95.7 Å². The van der Waals surface area contributed by atoms with Crippen LogP contribution in [0.25, 0.3) is 22.2 Å². The van der Waals surface area contributed by atoms with Crippen molar-refractivity contribution in [2.45, 2.75) is 10.9 Å². The molecule has 0 saturated heterocycles. The van der Waals surface area contributed by atoms with E-state index in [1.165, 1.54) is 16.4 Å². The third-order valence-electron chi connectivity index (χ3n) is 3.31.